The van der Waals surface area contributed by atoms with Gasteiger partial charge in [0.05, 0.1) is 0 Å². The third-order valence-electron chi connectivity index (χ3n) is 4.74. The van der Waals surface area contributed by atoms with E-state index in [4.69, 9.17) is 0 Å². The molecular weight excluding hydrogens is 234 g/mol. The maximum absolute atomic E-state index is 11.4. The van der Waals surface area contributed by atoms with Gasteiger partial charge in [-0.1, -0.05) is 44.2 Å². The van der Waals surface area contributed by atoms with Gasteiger partial charge in [0.25, 0.3) is 0 Å². The highest BCUT2D eigenvalue weighted by atomic mass is 16.1. The van der Waals surface area contributed by atoms with Crippen LogP contribution in [-0.4, -0.2) is 30.8 Å². The summed E-state index contributed by atoms with van der Waals surface area (Å²) in [4.78, 5) is 13.9. The minimum atomic E-state index is -0.133. The Labute approximate surface area is 116 Å². The first kappa shape index (κ1) is 14.3. The van der Waals surface area contributed by atoms with Crippen molar-refractivity contribution in [3.63, 3.8) is 0 Å². The van der Waals surface area contributed by atoms with Crippen molar-refractivity contribution in [2.75, 3.05) is 19.6 Å². The highest BCUT2D eigenvalue weighted by Gasteiger charge is 2.32. The molecule has 1 saturated heterocycles. The first-order valence-electron chi connectivity index (χ1n) is 7.46. The Morgan fingerprint density at radius 1 is 1.26 bits per heavy atom. The van der Waals surface area contributed by atoms with Gasteiger partial charge in [0, 0.05) is 18.5 Å². The number of nitrogens with zero attached hydrogens (tertiary/aromatic N) is 1. The Kier molecular flexibility index (Phi) is 4.76. The van der Waals surface area contributed by atoms with E-state index in [1.807, 2.05) is 0 Å². The van der Waals surface area contributed by atoms with Gasteiger partial charge in [-0.05, 0) is 37.3 Å². The van der Waals surface area contributed by atoms with Crippen LogP contribution in [0.3, 0.4) is 0 Å². The highest BCUT2D eigenvalue weighted by molar-refractivity contribution is 5.59. The Hall–Kier alpha value is -1.15. The van der Waals surface area contributed by atoms with E-state index in [2.05, 4.69) is 49.1 Å². The van der Waals surface area contributed by atoms with Gasteiger partial charge in [0.1, 0.15) is 6.29 Å². The van der Waals surface area contributed by atoms with Crippen molar-refractivity contribution in [3.05, 3.63) is 35.9 Å². The standard InChI is InChI=1S/C17H25NO/c1-3-17(4-2,14-19)13-18-11-10-16(12-18)15-8-6-5-7-9-15/h5-9,14,16H,3-4,10-13H2,1-2H3. The molecule has 19 heavy (non-hydrogen) atoms. The van der Waals surface area contributed by atoms with Gasteiger partial charge < -0.3 is 9.69 Å². The number of carbonyl (C=O) groups is 1. The smallest absolute Gasteiger partial charge is 0.127 e. The van der Waals surface area contributed by atoms with E-state index in [1.54, 1.807) is 0 Å². The van der Waals surface area contributed by atoms with E-state index in [-0.39, 0.29) is 5.41 Å². The second kappa shape index (κ2) is 6.33. The van der Waals surface area contributed by atoms with E-state index in [0.29, 0.717) is 5.92 Å². The molecule has 1 aliphatic heterocycles. The lowest BCUT2D eigenvalue weighted by Gasteiger charge is -2.30. The van der Waals surface area contributed by atoms with Crippen molar-refractivity contribution in [3.8, 4) is 0 Å². The van der Waals surface area contributed by atoms with Crippen molar-refractivity contribution in [1.82, 2.24) is 4.90 Å². The van der Waals surface area contributed by atoms with Gasteiger partial charge in [0.2, 0.25) is 0 Å². The SMILES string of the molecule is CCC(C=O)(CC)CN1CCC(c2ccccc2)C1. The molecule has 0 bridgehead atoms. The lowest BCUT2D eigenvalue weighted by molar-refractivity contribution is -0.117. The van der Waals surface area contributed by atoms with Gasteiger partial charge in [-0.15, -0.1) is 0 Å². The molecule has 104 valence electrons. The first-order chi connectivity index (χ1) is 9.23. The first-order valence-corrected chi connectivity index (χ1v) is 7.46. The monoisotopic (exact) mass is 259 g/mol. The minimum Gasteiger partial charge on any atom is -0.303 e. The third kappa shape index (κ3) is 3.24. The molecule has 0 N–H and O–H groups in total. The number of hydrogen-bond acceptors (Lipinski definition) is 2. The van der Waals surface area contributed by atoms with Crippen LogP contribution >= 0.6 is 0 Å². The largest absolute Gasteiger partial charge is 0.303 e. The minimum absolute atomic E-state index is 0.133. The summed E-state index contributed by atoms with van der Waals surface area (Å²) in [5.74, 6) is 0.638. The van der Waals surface area contributed by atoms with Gasteiger partial charge in [-0.2, -0.15) is 0 Å². The molecule has 0 saturated carbocycles. The summed E-state index contributed by atoms with van der Waals surface area (Å²) in [7, 11) is 0. The second-order valence-corrected chi connectivity index (χ2v) is 5.82. The van der Waals surface area contributed by atoms with E-state index in [1.165, 1.54) is 18.3 Å². The topological polar surface area (TPSA) is 20.3 Å². The molecule has 2 rings (SSSR count). The van der Waals surface area contributed by atoms with E-state index in [0.717, 1.165) is 32.5 Å². The molecular formula is C17H25NO. The van der Waals surface area contributed by atoms with Crippen molar-refractivity contribution in [2.24, 2.45) is 5.41 Å². The zero-order chi connectivity index (χ0) is 13.7. The Balaban J connectivity index is 1.97. The normalized spacial score (nSPS) is 20.6. The molecule has 1 atom stereocenters. The fraction of sp³-hybridized carbons (Fsp3) is 0.588. The number of rotatable bonds is 6. The van der Waals surface area contributed by atoms with Crippen molar-refractivity contribution < 1.29 is 4.79 Å². The van der Waals surface area contributed by atoms with Crippen LogP contribution in [0, 0.1) is 5.41 Å². The Morgan fingerprint density at radius 2 is 1.95 bits per heavy atom. The van der Waals surface area contributed by atoms with E-state index >= 15 is 0 Å². The van der Waals surface area contributed by atoms with Gasteiger partial charge in [0.15, 0.2) is 0 Å². The predicted octanol–water partition coefficient (Wildman–Crippen LogP) is 3.48. The van der Waals surface area contributed by atoms with E-state index in [9.17, 15) is 4.79 Å². The average Bonchev–Trinajstić information content (AvgIpc) is 2.94. The van der Waals surface area contributed by atoms with Crippen LogP contribution in [-0.2, 0) is 4.79 Å². The number of benzene rings is 1. The number of likely N-dealkylation sites (tertiary alicyclic amines) is 1. The van der Waals surface area contributed by atoms with Crippen molar-refractivity contribution in [2.45, 2.75) is 39.0 Å². The molecule has 1 aromatic carbocycles. The second-order valence-electron chi connectivity index (χ2n) is 5.82. The number of aldehydes is 1. The van der Waals surface area contributed by atoms with Crippen molar-refractivity contribution in [1.29, 1.82) is 0 Å². The molecule has 1 aliphatic rings. The molecule has 2 heteroatoms. The van der Waals surface area contributed by atoms with Gasteiger partial charge in [-0.3, -0.25) is 0 Å². The average molecular weight is 259 g/mol. The third-order valence-corrected chi connectivity index (χ3v) is 4.74. The van der Waals surface area contributed by atoms with Gasteiger partial charge >= 0.3 is 0 Å². The van der Waals surface area contributed by atoms with Gasteiger partial charge in [-0.25, -0.2) is 0 Å². The van der Waals surface area contributed by atoms with Crippen LogP contribution in [0.2, 0.25) is 0 Å². The summed E-state index contributed by atoms with van der Waals surface area (Å²) in [6.07, 6.45) is 4.29. The quantitative estimate of drug-likeness (QED) is 0.729. The molecule has 2 nitrogen and oxygen atoms in total. The lowest BCUT2D eigenvalue weighted by atomic mass is 9.83. The molecule has 0 radical (unpaired) electrons. The molecule has 1 aromatic rings. The summed E-state index contributed by atoms with van der Waals surface area (Å²) in [5, 5.41) is 0. The summed E-state index contributed by atoms with van der Waals surface area (Å²) < 4.78 is 0. The number of carbonyl (C=O) groups excluding carboxylic acids is 1. The zero-order valence-electron chi connectivity index (χ0n) is 12.1. The van der Waals surface area contributed by atoms with Crippen LogP contribution in [0.25, 0.3) is 0 Å². The highest BCUT2D eigenvalue weighted by Crippen LogP contribution is 2.31. The van der Waals surface area contributed by atoms with Crippen LogP contribution in [0.15, 0.2) is 30.3 Å². The van der Waals surface area contributed by atoms with Crippen LogP contribution in [0.5, 0.6) is 0 Å². The summed E-state index contributed by atoms with van der Waals surface area (Å²) in [6.45, 7) is 7.40. The maximum Gasteiger partial charge on any atom is 0.127 e. The molecule has 1 fully saturated rings. The molecule has 0 aromatic heterocycles. The lowest BCUT2D eigenvalue weighted by Crippen LogP contribution is -2.37. The van der Waals surface area contributed by atoms with Crippen LogP contribution in [0.4, 0.5) is 0 Å². The Morgan fingerprint density at radius 3 is 2.53 bits per heavy atom. The zero-order valence-corrected chi connectivity index (χ0v) is 12.1. The fourth-order valence-corrected chi connectivity index (χ4v) is 3.10. The summed E-state index contributed by atoms with van der Waals surface area (Å²) in [6, 6.07) is 10.8. The van der Waals surface area contributed by atoms with Crippen LogP contribution in [0.1, 0.15) is 44.6 Å². The molecule has 1 unspecified atom stereocenters. The maximum atomic E-state index is 11.4. The Bertz CT molecular complexity index is 397. The summed E-state index contributed by atoms with van der Waals surface area (Å²) in [5.41, 5.74) is 1.31. The molecule has 0 aliphatic carbocycles. The van der Waals surface area contributed by atoms with E-state index < -0.39 is 0 Å². The molecule has 0 amide bonds. The van der Waals surface area contributed by atoms with Crippen LogP contribution < -0.4 is 0 Å². The summed E-state index contributed by atoms with van der Waals surface area (Å²) >= 11 is 0. The molecule has 0 spiro atoms. The van der Waals surface area contributed by atoms with Crippen molar-refractivity contribution >= 4 is 6.29 Å². The molecule has 1 heterocycles. The fourth-order valence-electron chi connectivity index (χ4n) is 3.10. The number of hydrogen-bond donors (Lipinski definition) is 0. The predicted molar refractivity (Wildman–Crippen MR) is 79.3 cm³/mol.